The Kier molecular flexibility index (Phi) is 5.59. The fourth-order valence-corrected chi connectivity index (χ4v) is 5.42. The molecule has 0 atom stereocenters. The van der Waals surface area contributed by atoms with E-state index in [1.54, 1.807) is 6.07 Å². The summed E-state index contributed by atoms with van der Waals surface area (Å²) in [5, 5.41) is 15.4. The van der Waals surface area contributed by atoms with Crippen LogP contribution in [0.15, 0.2) is 27.5 Å². The number of nitrogens with zero attached hydrogens (tertiary/aromatic N) is 4. The van der Waals surface area contributed by atoms with Crippen LogP contribution in [0, 0.1) is 12.7 Å². The smallest absolute Gasteiger partial charge is 0.257 e. The van der Waals surface area contributed by atoms with E-state index < -0.39 is 0 Å². The molecule has 3 aromatic rings. The van der Waals surface area contributed by atoms with Crippen molar-refractivity contribution in [1.82, 2.24) is 14.7 Å². The molecule has 5 rings (SSSR count). The minimum atomic E-state index is -0.331. The maximum absolute atomic E-state index is 13.5. The number of aliphatic hydroxyl groups excluding tert-OH is 1. The van der Waals surface area contributed by atoms with Gasteiger partial charge in [0.25, 0.3) is 5.56 Å². The van der Waals surface area contributed by atoms with Crippen molar-refractivity contribution in [2.24, 2.45) is 0 Å². The number of hydrogen-bond donors (Lipinski definition) is 1. The van der Waals surface area contributed by atoms with Crippen molar-refractivity contribution in [3.05, 3.63) is 57.1 Å². The van der Waals surface area contributed by atoms with Crippen LogP contribution >= 0.6 is 0 Å². The number of fused-ring (bicyclic) bond motifs is 2. The second-order valence-corrected chi connectivity index (χ2v) is 9.39. The standard InChI is InChI=1S/C24H30FN4O3/c1-16-19(24(31)28-10-3-2-4-22(28)26-16)9-13-29(15-30)11-7-17(8-12-29)23-20-6-5-18(25)14-21(20)32-27-23/h5-6,14,17,30H,2-4,7-13,15H2,1H3/q+1. The number of benzene rings is 1. The Morgan fingerprint density at radius 2 is 2.09 bits per heavy atom. The lowest BCUT2D eigenvalue weighted by molar-refractivity contribution is -0.949. The molecule has 0 amide bonds. The average Bonchev–Trinajstić information content (AvgIpc) is 3.22. The van der Waals surface area contributed by atoms with Gasteiger partial charge in [-0.1, -0.05) is 5.16 Å². The molecular formula is C24H30FN4O3+. The number of quaternary nitrogens is 1. The molecule has 1 saturated heterocycles. The van der Waals surface area contributed by atoms with Crippen LogP contribution in [0.2, 0.25) is 0 Å². The van der Waals surface area contributed by atoms with Gasteiger partial charge < -0.3 is 14.1 Å². The molecule has 2 aliphatic heterocycles. The fraction of sp³-hybridized carbons (Fsp3) is 0.542. The van der Waals surface area contributed by atoms with Crippen molar-refractivity contribution in [2.45, 2.75) is 57.9 Å². The zero-order chi connectivity index (χ0) is 22.3. The van der Waals surface area contributed by atoms with Gasteiger partial charge >= 0.3 is 0 Å². The molecule has 7 nitrogen and oxygen atoms in total. The zero-order valence-corrected chi connectivity index (χ0v) is 18.5. The Balaban J connectivity index is 1.30. The van der Waals surface area contributed by atoms with E-state index in [4.69, 9.17) is 9.51 Å². The summed E-state index contributed by atoms with van der Waals surface area (Å²) in [4.78, 5) is 17.8. The highest BCUT2D eigenvalue weighted by atomic mass is 19.1. The van der Waals surface area contributed by atoms with Crippen LogP contribution in [0.3, 0.4) is 0 Å². The van der Waals surface area contributed by atoms with Crippen LogP contribution in [0.25, 0.3) is 11.0 Å². The SMILES string of the molecule is Cc1nc2n(c(=O)c1CC[N+]1(CO)CCC(c3noc4cc(F)ccc34)CC1)CCCC2. The fourth-order valence-electron chi connectivity index (χ4n) is 5.42. The van der Waals surface area contributed by atoms with E-state index in [1.165, 1.54) is 12.1 Å². The molecule has 32 heavy (non-hydrogen) atoms. The summed E-state index contributed by atoms with van der Waals surface area (Å²) >= 11 is 0. The van der Waals surface area contributed by atoms with Crippen LogP contribution in [0.5, 0.6) is 0 Å². The summed E-state index contributed by atoms with van der Waals surface area (Å²) in [6.45, 7) is 5.05. The van der Waals surface area contributed by atoms with E-state index in [2.05, 4.69) is 5.16 Å². The molecular weight excluding hydrogens is 411 g/mol. The van der Waals surface area contributed by atoms with E-state index in [-0.39, 0.29) is 24.0 Å². The number of halogens is 1. The Labute approximate surface area is 186 Å². The van der Waals surface area contributed by atoms with Gasteiger partial charge in [-0.25, -0.2) is 9.37 Å². The predicted molar refractivity (Wildman–Crippen MR) is 118 cm³/mol. The van der Waals surface area contributed by atoms with Gasteiger partial charge in [-0.2, -0.15) is 0 Å². The molecule has 1 fully saturated rings. The normalized spacial score (nSPS) is 23.4. The number of aryl methyl sites for hydroxylation is 2. The number of likely N-dealkylation sites (tertiary alicyclic amines) is 1. The van der Waals surface area contributed by atoms with Gasteiger partial charge in [0.15, 0.2) is 12.3 Å². The molecule has 0 radical (unpaired) electrons. The minimum absolute atomic E-state index is 0.0518. The molecule has 1 N–H and O–H groups in total. The summed E-state index contributed by atoms with van der Waals surface area (Å²) in [6.07, 6.45) is 5.33. The van der Waals surface area contributed by atoms with E-state index in [0.717, 1.165) is 79.9 Å². The molecule has 0 aliphatic carbocycles. The second-order valence-electron chi connectivity index (χ2n) is 9.39. The maximum Gasteiger partial charge on any atom is 0.257 e. The van der Waals surface area contributed by atoms with E-state index in [9.17, 15) is 14.3 Å². The van der Waals surface area contributed by atoms with Crippen molar-refractivity contribution >= 4 is 11.0 Å². The summed E-state index contributed by atoms with van der Waals surface area (Å²) < 4.78 is 21.2. The quantitative estimate of drug-likeness (QED) is 0.616. The number of hydrogen-bond acceptors (Lipinski definition) is 5. The lowest BCUT2D eigenvalue weighted by Crippen LogP contribution is -2.54. The summed E-state index contributed by atoms with van der Waals surface area (Å²) in [5.41, 5.74) is 3.07. The molecule has 0 bridgehead atoms. The van der Waals surface area contributed by atoms with Crippen LogP contribution in [0.4, 0.5) is 4.39 Å². The summed E-state index contributed by atoms with van der Waals surface area (Å²) in [6, 6.07) is 4.54. The van der Waals surface area contributed by atoms with Gasteiger partial charge in [0, 0.05) is 60.9 Å². The van der Waals surface area contributed by atoms with Gasteiger partial charge in [0.05, 0.1) is 25.3 Å². The highest BCUT2D eigenvalue weighted by Gasteiger charge is 2.36. The summed E-state index contributed by atoms with van der Waals surface area (Å²) in [5.74, 6) is 0.800. The van der Waals surface area contributed by atoms with E-state index >= 15 is 0 Å². The zero-order valence-electron chi connectivity index (χ0n) is 18.5. The topological polar surface area (TPSA) is 81.2 Å². The molecule has 4 heterocycles. The molecule has 0 spiro atoms. The molecule has 8 heteroatoms. The molecule has 0 unspecified atom stereocenters. The predicted octanol–water partition coefficient (Wildman–Crippen LogP) is 3.06. The van der Waals surface area contributed by atoms with Crippen molar-refractivity contribution in [1.29, 1.82) is 0 Å². The van der Waals surface area contributed by atoms with Crippen LogP contribution in [-0.2, 0) is 19.4 Å². The van der Waals surface area contributed by atoms with Crippen molar-refractivity contribution in [2.75, 3.05) is 26.4 Å². The molecule has 1 aromatic carbocycles. The Morgan fingerprint density at radius 3 is 2.88 bits per heavy atom. The average molecular weight is 442 g/mol. The maximum atomic E-state index is 13.5. The summed E-state index contributed by atoms with van der Waals surface area (Å²) in [7, 11) is 0. The third kappa shape index (κ3) is 3.75. The monoisotopic (exact) mass is 441 g/mol. The Bertz CT molecular complexity index is 1190. The number of aliphatic hydroxyl groups is 1. The van der Waals surface area contributed by atoms with Gasteiger partial charge in [-0.15, -0.1) is 0 Å². The third-order valence-corrected chi connectivity index (χ3v) is 7.47. The van der Waals surface area contributed by atoms with Crippen molar-refractivity contribution in [3.8, 4) is 0 Å². The second kappa shape index (κ2) is 8.41. The highest BCUT2D eigenvalue weighted by molar-refractivity contribution is 5.79. The van der Waals surface area contributed by atoms with Gasteiger partial charge in [-0.3, -0.25) is 9.36 Å². The van der Waals surface area contributed by atoms with Gasteiger partial charge in [0.1, 0.15) is 11.6 Å². The lowest BCUT2D eigenvalue weighted by atomic mass is 9.90. The van der Waals surface area contributed by atoms with Crippen LogP contribution in [-0.4, -0.2) is 50.7 Å². The van der Waals surface area contributed by atoms with Crippen molar-refractivity contribution in [3.63, 3.8) is 0 Å². The molecule has 2 aliphatic rings. The highest BCUT2D eigenvalue weighted by Crippen LogP contribution is 2.35. The molecule has 170 valence electrons. The van der Waals surface area contributed by atoms with E-state index in [0.29, 0.717) is 23.0 Å². The van der Waals surface area contributed by atoms with E-state index in [1.807, 2.05) is 11.5 Å². The largest absolute Gasteiger partial charge is 0.356 e. The molecule has 2 aromatic heterocycles. The van der Waals surface area contributed by atoms with Gasteiger partial charge in [-0.05, 0) is 31.9 Å². The Morgan fingerprint density at radius 1 is 1.28 bits per heavy atom. The first-order valence-electron chi connectivity index (χ1n) is 11.6. The van der Waals surface area contributed by atoms with Crippen LogP contribution in [0.1, 0.15) is 54.4 Å². The lowest BCUT2D eigenvalue weighted by Gasteiger charge is -2.42. The molecule has 0 saturated carbocycles. The first-order chi connectivity index (χ1) is 15.5. The number of rotatable bonds is 5. The number of piperidine rings is 1. The first kappa shape index (κ1) is 21.3. The van der Waals surface area contributed by atoms with Gasteiger partial charge in [0.2, 0.25) is 0 Å². The van der Waals surface area contributed by atoms with Crippen LogP contribution < -0.4 is 5.56 Å². The van der Waals surface area contributed by atoms with Crippen molar-refractivity contribution < 1.29 is 18.5 Å². The minimum Gasteiger partial charge on any atom is -0.356 e. The third-order valence-electron chi connectivity index (χ3n) is 7.47. The Hall–Kier alpha value is -2.58. The first-order valence-corrected chi connectivity index (χ1v) is 11.6. The number of aromatic nitrogens is 3.